The first-order valence-electron chi connectivity index (χ1n) is 6.61. The molecule has 6 heteroatoms. The van der Waals surface area contributed by atoms with Gasteiger partial charge >= 0.3 is 0 Å². The van der Waals surface area contributed by atoms with E-state index in [0.717, 1.165) is 23.4 Å². The summed E-state index contributed by atoms with van der Waals surface area (Å²) in [5, 5.41) is 13.0. The number of carbonyl (C=O) groups is 1. The van der Waals surface area contributed by atoms with E-state index in [2.05, 4.69) is 15.5 Å². The normalized spacial score (nSPS) is 14.0. The van der Waals surface area contributed by atoms with Crippen LogP contribution in [0.4, 0.5) is 0 Å². The molecule has 5 nitrogen and oxygen atoms in total. The van der Waals surface area contributed by atoms with Crippen LogP contribution in [0.3, 0.4) is 0 Å². The summed E-state index contributed by atoms with van der Waals surface area (Å²) >= 11 is 1.62. The third-order valence-corrected chi connectivity index (χ3v) is 3.91. The van der Waals surface area contributed by atoms with Crippen LogP contribution in [0.15, 0.2) is 29.6 Å². The second-order valence-electron chi connectivity index (χ2n) is 4.65. The molecule has 0 unspecified atom stereocenters. The van der Waals surface area contributed by atoms with Crippen LogP contribution >= 0.6 is 11.3 Å². The zero-order valence-corrected chi connectivity index (χ0v) is 11.7. The smallest absolute Gasteiger partial charge is 0.233 e. The Labute approximate surface area is 121 Å². The van der Waals surface area contributed by atoms with E-state index < -0.39 is 0 Å². The van der Waals surface area contributed by atoms with E-state index >= 15 is 0 Å². The van der Waals surface area contributed by atoms with Gasteiger partial charge in [-0.2, -0.15) is 0 Å². The lowest BCUT2D eigenvalue weighted by Gasteiger charge is -2.06. The average Bonchev–Trinajstić information content (AvgIpc) is 3.19. The molecule has 1 aliphatic carbocycles. The summed E-state index contributed by atoms with van der Waals surface area (Å²) in [6.45, 7) is 0.912. The molecule has 1 fully saturated rings. The number of amides is 1. The Morgan fingerprint density at radius 1 is 1.35 bits per heavy atom. The van der Waals surface area contributed by atoms with Gasteiger partial charge in [0, 0.05) is 12.0 Å². The molecule has 0 aromatic carbocycles. The lowest BCUT2D eigenvalue weighted by Crippen LogP contribution is -2.29. The first-order valence-corrected chi connectivity index (χ1v) is 7.49. The van der Waals surface area contributed by atoms with E-state index in [1.165, 1.54) is 0 Å². The van der Waals surface area contributed by atoms with Gasteiger partial charge in [0.1, 0.15) is 12.3 Å². The Morgan fingerprint density at radius 2 is 2.25 bits per heavy atom. The summed E-state index contributed by atoms with van der Waals surface area (Å²) in [4.78, 5) is 12.5. The summed E-state index contributed by atoms with van der Waals surface area (Å²) in [5.74, 6) is 0.846. The van der Waals surface area contributed by atoms with Crippen molar-refractivity contribution in [2.45, 2.75) is 12.8 Å². The molecule has 0 atom stereocenters. The van der Waals surface area contributed by atoms with E-state index in [1.54, 1.807) is 17.4 Å². The van der Waals surface area contributed by atoms with Crippen LogP contribution < -0.4 is 10.1 Å². The Balaban J connectivity index is 1.45. The minimum Gasteiger partial charge on any atom is -0.475 e. The number of rotatable bonds is 6. The Morgan fingerprint density at radius 3 is 2.90 bits per heavy atom. The molecule has 1 amide bonds. The standard InChI is InChI=1S/C14H15N3O2S/c18-14(10-3-4-10)15-7-8-19-13-6-5-11(16-17-13)12-2-1-9-20-12/h1-2,5-6,9-10H,3-4,7-8H2,(H,15,18). The zero-order valence-electron chi connectivity index (χ0n) is 10.9. The minimum atomic E-state index is 0.132. The molecule has 3 rings (SSSR count). The lowest BCUT2D eigenvalue weighted by atomic mass is 10.3. The first kappa shape index (κ1) is 13.1. The van der Waals surface area contributed by atoms with Crippen molar-refractivity contribution in [3.8, 4) is 16.5 Å². The Bertz CT molecular complexity index is 565. The number of hydrogen-bond donors (Lipinski definition) is 1. The molecule has 0 saturated heterocycles. The molecular weight excluding hydrogens is 274 g/mol. The molecule has 1 aliphatic rings. The highest BCUT2D eigenvalue weighted by Gasteiger charge is 2.28. The van der Waals surface area contributed by atoms with E-state index in [9.17, 15) is 4.79 Å². The van der Waals surface area contributed by atoms with Gasteiger partial charge in [0.15, 0.2) is 0 Å². The Hall–Kier alpha value is -1.95. The van der Waals surface area contributed by atoms with Gasteiger partial charge in [-0.1, -0.05) is 6.07 Å². The third-order valence-electron chi connectivity index (χ3n) is 3.01. The van der Waals surface area contributed by atoms with Gasteiger partial charge in [-0.05, 0) is 30.4 Å². The van der Waals surface area contributed by atoms with Crippen LogP contribution in [0.25, 0.3) is 10.6 Å². The number of thiophene rings is 1. The van der Waals surface area contributed by atoms with Crippen molar-refractivity contribution in [2.75, 3.05) is 13.2 Å². The predicted octanol–water partition coefficient (Wildman–Crippen LogP) is 2.11. The van der Waals surface area contributed by atoms with Crippen LogP contribution in [0.5, 0.6) is 5.88 Å². The maximum Gasteiger partial charge on any atom is 0.233 e. The molecule has 0 radical (unpaired) electrons. The van der Waals surface area contributed by atoms with Gasteiger partial charge in [0.25, 0.3) is 0 Å². The van der Waals surface area contributed by atoms with Crippen LogP contribution in [-0.2, 0) is 4.79 Å². The van der Waals surface area contributed by atoms with Gasteiger partial charge in [-0.25, -0.2) is 0 Å². The van der Waals surface area contributed by atoms with Crippen LogP contribution in [-0.4, -0.2) is 29.3 Å². The van der Waals surface area contributed by atoms with Crippen molar-refractivity contribution in [2.24, 2.45) is 5.92 Å². The van der Waals surface area contributed by atoms with E-state index in [1.807, 2.05) is 23.6 Å². The molecule has 2 aromatic heterocycles. The topological polar surface area (TPSA) is 64.1 Å². The largest absolute Gasteiger partial charge is 0.475 e. The summed E-state index contributed by atoms with van der Waals surface area (Å²) in [5.41, 5.74) is 0.842. The number of hydrogen-bond acceptors (Lipinski definition) is 5. The number of ether oxygens (including phenoxy) is 1. The van der Waals surface area contributed by atoms with Crippen molar-refractivity contribution in [1.29, 1.82) is 0 Å². The van der Waals surface area contributed by atoms with Gasteiger partial charge in [-0.3, -0.25) is 4.79 Å². The van der Waals surface area contributed by atoms with Crippen LogP contribution in [0, 0.1) is 5.92 Å². The van der Waals surface area contributed by atoms with Crippen LogP contribution in [0.2, 0.25) is 0 Å². The Kier molecular flexibility index (Phi) is 3.92. The van der Waals surface area contributed by atoms with E-state index in [4.69, 9.17) is 4.74 Å². The quantitative estimate of drug-likeness (QED) is 0.827. The number of nitrogens with zero attached hydrogens (tertiary/aromatic N) is 2. The van der Waals surface area contributed by atoms with Gasteiger partial charge in [0.05, 0.1) is 11.4 Å². The average molecular weight is 289 g/mol. The highest BCUT2D eigenvalue weighted by Crippen LogP contribution is 2.28. The molecule has 0 aliphatic heterocycles. The molecule has 0 bridgehead atoms. The SMILES string of the molecule is O=C(NCCOc1ccc(-c2cccs2)nn1)C1CC1. The molecule has 104 valence electrons. The molecule has 1 saturated carbocycles. The van der Waals surface area contributed by atoms with Gasteiger partial charge in [0.2, 0.25) is 11.8 Å². The maximum absolute atomic E-state index is 11.4. The van der Waals surface area contributed by atoms with Crippen molar-refractivity contribution in [3.63, 3.8) is 0 Å². The summed E-state index contributed by atoms with van der Waals surface area (Å²) in [6.07, 6.45) is 2.03. The van der Waals surface area contributed by atoms with Crippen molar-refractivity contribution >= 4 is 17.2 Å². The number of aromatic nitrogens is 2. The lowest BCUT2D eigenvalue weighted by molar-refractivity contribution is -0.122. The van der Waals surface area contributed by atoms with E-state index in [0.29, 0.717) is 19.0 Å². The van der Waals surface area contributed by atoms with Crippen molar-refractivity contribution in [3.05, 3.63) is 29.6 Å². The number of nitrogens with one attached hydrogen (secondary N) is 1. The second kappa shape index (κ2) is 6.00. The summed E-state index contributed by atoms with van der Waals surface area (Å²) in [7, 11) is 0. The third kappa shape index (κ3) is 3.33. The zero-order chi connectivity index (χ0) is 13.8. The molecule has 1 N–H and O–H groups in total. The molecule has 0 spiro atoms. The molecule has 2 aromatic rings. The highest BCUT2D eigenvalue weighted by atomic mass is 32.1. The fourth-order valence-electron chi connectivity index (χ4n) is 1.77. The van der Waals surface area contributed by atoms with Gasteiger partial charge < -0.3 is 10.1 Å². The fraction of sp³-hybridized carbons (Fsp3) is 0.357. The first-order chi connectivity index (χ1) is 9.83. The van der Waals surface area contributed by atoms with Crippen molar-refractivity contribution < 1.29 is 9.53 Å². The van der Waals surface area contributed by atoms with Crippen LogP contribution in [0.1, 0.15) is 12.8 Å². The predicted molar refractivity (Wildman–Crippen MR) is 76.6 cm³/mol. The van der Waals surface area contributed by atoms with Gasteiger partial charge in [-0.15, -0.1) is 21.5 Å². The summed E-state index contributed by atoms with van der Waals surface area (Å²) in [6, 6.07) is 7.67. The fourth-order valence-corrected chi connectivity index (χ4v) is 2.46. The van der Waals surface area contributed by atoms with E-state index in [-0.39, 0.29) is 11.8 Å². The number of carbonyl (C=O) groups excluding carboxylic acids is 1. The molecule has 2 heterocycles. The summed E-state index contributed by atoms with van der Waals surface area (Å²) < 4.78 is 5.44. The minimum absolute atomic E-state index is 0.132. The van der Waals surface area contributed by atoms with Crippen molar-refractivity contribution in [1.82, 2.24) is 15.5 Å². The second-order valence-corrected chi connectivity index (χ2v) is 5.60. The molecule has 20 heavy (non-hydrogen) atoms. The highest BCUT2D eigenvalue weighted by molar-refractivity contribution is 7.13. The maximum atomic E-state index is 11.4. The molecular formula is C14H15N3O2S. The monoisotopic (exact) mass is 289 g/mol.